The van der Waals surface area contributed by atoms with Gasteiger partial charge in [0.05, 0.1) is 18.2 Å². The molecule has 0 radical (unpaired) electrons. The molecular formula is C28H36N6O2. The Labute approximate surface area is 212 Å². The molecule has 4 heterocycles. The zero-order valence-electron chi connectivity index (χ0n) is 21.1. The summed E-state index contributed by atoms with van der Waals surface area (Å²) in [6, 6.07) is 11.8. The number of Topliss-reactive ketones (excluding diaryl/α,β-unsaturated/α-hetero) is 1. The summed E-state index contributed by atoms with van der Waals surface area (Å²) in [6.07, 6.45) is 8.17. The maximum Gasteiger partial charge on any atom is 0.154 e. The first-order valence-corrected chi connectivity index (χ1v) is 13.2. The number of fused-ring (bicyclic) bond motifs is 2. The Morgan fingerprint density at radius 1 is 1.22 bits per heavy atom. The Morgan fingerprint density at radius 2 is 2.14 bits per heavy atom. The van der Waals surface area contributed by atoms with Crippen LogP contribution in [0.2, 0.25) is 0 Å². The summed E-state index contributed by atoms with van der Waals surface area (Å²) in [6.45, 7) is 5.99. The van der Waals surface area contributed by atoms with Gasteiger partial charge in [-0.05, 0) is 82.3 Å². The van der Waals surface area contributed by atoms with Crippen molar-refractivity contribution in [2.24, 2.45) is 0 Å². The molecule has 0 saturated carbocycles. The first kappa shape index (κ1) is 24.6. The van der Waals surface area contributed by atoms with Crippen molar-refractivity contribution in [1.29, 1.82) is 0 Å². The van der Waals surface area contributed by atoms with E-state index in [4.69, 9.17) is 9.72 Å². The summed E-state index contributed by atoms with van der Waals surface area (Å²) in [5, 5.41) is 7.63. The number of nitrogens with one attached hydrogen (secondary N) is 2. The van der Waals surface area contributed by atoms with Crippen LogP contribution in [0.5, 0.6) is 0 Å². The van der Waals surface area contributed by atoms with Crippen molar-refractivity contribution in [3.8, 4) is 0 Å². The second-order valence-corrected chi connectivity index (χ2v) is 9.89. The number of hydrogen-bond donors (Lipinski definition) is 2. The minimum absolute atomic E-state index is 0.0393. The van der Waals surface area contributed by atoms with Gasteiger partial charge < -0.3 is 20.3 Å². The van der Waals surface area contributed by atoms with E-state index in [0.717, 1.165) is 75.0 Å². The van der Waals surface area contributed by atoms with E-state index in [9.17, 15) is 4.79 Å². The Hall–Kier alpha value is -3.10. The van der Waals surface area contributed by atoms with Crippen LogP contribution in [-0.2, 0) is 22.4 Å². The number of ether oxygens (including phenoxy) is 1. The molecule has 3 aromatic rings. The molecule has 8 nitrogen and oxygen atoms in total. The molecule has 1 saturated heterocycles. The third kappa shape index (κ3) is 6.17. The molecule has 1 aromatic carbocycles. The quantitative estimate of drug-likeness (QED) is 0.444. The van der Waals surface area contributed by atoms with Crippen LogP contribution in [0.25, 0.3) is 10.9 Å². The molecule has 8 heteroatoms. The van der Waals surface area contributed by atoms with E-state index in [1.165, 1.54) is 24.0 Å². The highest BCUT2D eigenvalue weighted by atomic mass is 16.5. The largest absolute Gasteiger partial charge is 0.374 e. The summed E-state index contributed by atoms with van der Waals surface area (Å²) >= 11 is 0. The van der Waals surface area contributed by atoms with Crippen molar-refractivity contribution in [2.45, 2.75) is 57.6 Å². The van der Waals surface area contributed by atoms with Crippen molar-refractivity contribution < 1.29 is 9.53 Å². The average molecular weight is 489 g/mol. The number of carbonyl (C=O) groups is 1. The monoisotopic (exact) mass is 488 g/mol. The van der Waals surface area contributed by atoms with Crippen LogP contribution in [0, 0.1) is 0 Å². The van der Waals surface area contributed by atoms with Crippen LogP contribution in [-0.4, -0.2) is 70.6 Å². The fourth-order valence-corrected chi connectivity index (χ4v) is 5.12. The highest BCUT2D eigenvalue weighted by Gasteiger charge is 2.23. The van der Waals surface area contributed by atoms with Crippen molar-refractivity contribution in [2.75, 3.05) is 43.4 Å². The van der Waals surface area contributed by atoms with Crippen LogP contribution in [0.3, 0.4) is 0 Å². The fraction of sp³-hybridized carbons (Fsp3) is 0.500. The van der Waals surface area contributed by atoms with Crippen molar-refractivity contribution in [3.63, 3.8) is 0 Å². The molecule has 2 atom stereocenters. The van der Waals surface area contributed by atoms with Crippen LogP contribution < -0.4 is 10.6 Å². The molecule has 0 aliphatic carbocycles. The number of carbonyl (C=O) groups excluding carboxylic acids is 1. The molecule has 2 aliphatic heterocycles. The summed E-state index contributed by atoms with van der Waals surface area (Å²) in [5.41, 5.74) is 3.36. The molecule has 0 spiro atoms. The number of benzene rings is 1. The van der Waals surface area contributed by atoms with E-state index in [1.54, 1.807) is 6.92 Å². The number of para-hydroxylation sites is 1. The van der Waals surface area contributed by atoms with Crippen molar-refractivity contribution in [1.82, 2.24) is 19.9 Å². The van der Waals surface area contributed by atoms with Gasteiger partial charge in [0.1, 0.15) is 24.0 Å². The third-order valence-electron chi connectivity index (χ3n) is 7.16. The highest BCUT2D eigenvalue weighted by Crippen LogP contribution is 2.22. The predicted octanol–water partition coefficient (Wildman–Crippen LogP) is 3.87. The zero-order chi connectivity index (χ0) is 24.7. The van der Waals surface area contributed by atoms with Gasteiger partial charge in [0.15, 0.2) is 5.78 Å². The van der Waals surface area contributed by atoms with Gasteiger partial charge in [-0.3, -0.25) is 4.79 Å². The zero-order valence-corrected chi connectivity index (χ0v) is 21.1. The van der Waals surface area contributed by atoms with Gasteiger partial charge >= 0.3 is 0 Å². The van der Waals surface area contributed by atoms with Gasteiger partial charge in [-0.1, -0.05) is 18.2 Å². The first-order chi connectivity index (χ1) is 17.7. The lowest BCUT2D eigenvalue weighted by Crippen LogP contribution is -2.42. The molecule has 36 heavy (non-hydrogen) atoms. The summed E-state index contributed by atoms with van der Waals surface area (Å²) in [4.78, 5) is 28.4. The molecule has 2 aromatic heterocycles. The van der Waals surface area contributed by atoms with Crippen molar-refractivity contribution >= 4 is 28.3 Å². The number of likely N-dealkylation sites (tertiary alicyclic amines) is 1. The van der Waals surface area contributed by atoms with Gasteiger partial charge in [-0.25, -0.2) is 15.0 Å². The number of nitrogens with zero attached hydrogens (tertiary/aromatic N) is 4. The molecule has 5 rings (SSSR count). The number of aryl methyl sites for hydroxylation is 2. The van der Waals surface area contributed by atoms with E-state index in [-0.39, 0.29) is 11.9 Å². The number of piperidine rings is 1. The fourth-order valence-electron chi connectivity index (χ4n) is 5.12. The maximum absolute atomic E-state index is 12.4. The minimum Gasteiger partial charge on any atom is -0.374 e. The SMILES string of the molecule is CC(=O)[C@@H](CO[C@@H]1CCCN(CCCc2ccc3c(n2)NCCC3)C1)Nc1ncnc2ccccc12. The van der Waals surface area contributed by atoms with E-state index < -0.39 is 6.04 Å². The Balaban J connectivity index is 1.10. The second-order valence-electron chi connectivity index (χ2n) is 9.89. The standard InChI is InChI=1S/C28H36N6O2/c1-20(35)26(33-28-24-10-2-3-11-25(24)30-19-31-28)18-36-23-9-6-16-34(17-23)15-5-8-22-13-12-21-7-4-14-29-27(21)32-22/h2-3,10-13,19,23,26H,4-9,14-18H2,1H3,(H,29,32)(H,30,31,33)/t23-,26-/m1/s1. The third-order valence-corrected chi connectivity index (χ3v) is 7.16. The number of rotatable bonds is 10. The second kappa shape index (κ2) is 11.8. The van der Waals surface area contributed by atoms with E-state index in [2.05, 4.69) is 37.6 Å². The number of anilines is 2. The van der Waals surface area contributed by atoms with E-state index >= 15 is 0 Å². The number of aromatic nitrogens is 3. The van der Waals surface area contributed by atoms with E-state index in [1.807, 2.05) is 24.3 Å². The molecule has 0 unspecified atom stereocenters. The summed E-state index contributed by atoms with van der Waals surface area (Å²) < 4.78 is 6.26. The molecule has 0 bridgehead atoms. The minimum atomic E-state index is -0.442. The molecule has 2 N–H and O–H groups in total. The van der Waals surface area contributed by atoms with Crippen LogP contribution >= 0.6 is 0 Å². The van der Waals surface area contributed by atoms with Gasteiger partial charge in [0, 0.05) is 24.2 Å². The van der Waals surface area contributed by atoms with E-state index in [0.29, 0.717) is 12.4 Å². The number of ketones is 1. The molecule has 1 fully saturated rings. The highest BCUT2D eigenvalue weighted by molar-refractivity contribution is 5.92. The molecule has 190 valence electrons. The number of pyridine rings is 1. The summed E-state index contributed by atoms with van der Waals surface area (Å²) in [7, 11) is 0. The van der Waals surface area contributed by atoms with Crippen LogP contribution in [0.4, 0.5) is 11.6 Å². The normalized spacial score (nSPS) is 18.9. The van der Waals surface area contributed by atoms with Crippen LogP contribution in [0.15, 0.2) is 42.7 Å². The van der Waals surface area contributed by atoms with Gasteiger partial charge in [-0.15, -0.1) is 0 Å². The Bertz CT molecular complexity index is 1180. The number of hydrogen-bond acceptors (Lipinski definition) is 8. The topological polar surface area (TPSA) is 92.3 Å². The Morgan fingerprint density at radius 3 is 3.06 bits per heavy atom. The van der Waals surface area contributed by atoms with Gasteiger partial charge in [0.25, 0.3) is 0 Å². The predicted molar refractivity (Wildman–Crippen MR) is 142 cm³/mol. The maximum atomic E-state index is 12.4. The molecule has 2 aliphatic rings. The molecular weight excluding hydrogens is 452 g/mol. The van der Waals surface area contributed by atoms with Gasteiger partial charge in [0.2, 0.25) is 0 Å². The molecule has 0 amide bonds. The van der Waals surface area contributed by atoms with Gasteiger partial charge in [-0.2, -0.15) is 0 Å². The van der Waals surface area contributed by atoms with Crippen molar-refractivity contribution in [3.05, 3.63) is 54.0 Å². The lowest BCUT2D eigenvalue weighted by Gasteiger charge is -2.33. The Kier molecular flexibility index (Phi) is 8.03. The lowest BCUT2D eigenvalue weighted by atomic mass is 10.1. The smallest absolute Gasteiger partial charge is 0.154 e. The average Bonchev–Trinajstić information content (AvgIpc) is 2.91. The van der Waals surface area contributed by atoms with Crippen LogP contribution in [0.1, 0.15) is 43.9 Å². The lowest BCUT2D eigenvalue weighted by molar-refractivity contribution is -0.119. The first-order valence-electron chi connectivity index (χ1n) is 13.2. The summed E-state index contributed by atoms with van der Waals surface area (Å²) in [5.74, 6) is 1.78.